The molecule has 0 fully saturated rings. The number of carbonyl (C=O) groups is 1. The molecule has 0 atom stereocenters. The number of nitrogens with one attached hydrogen (secondary N) is 1. The van der Waals surface area contributed by atoms with Crippen molar-refractivity contribution in [2.75, 3.05) is 5.32 Å². The van der Waals surface area contributed by atoms with Crippen molar-refractivity contribution in [3.63, 3.8) is 0 Å². The van der Waals surface area contributed by atoms with E-state index in [-0.39, 0.29) is 18.3 Å². The number of nitrogens with zero attached hydrogens (tertiary/aromatic N) is 2. The van der Waals surface area contributed by atoms with Crippen LogP contribution >= 0.6 is 0 Å². The first-order chi connectivity index (χ1) is 12.6. The van der Waals surface area contributed by atoms with E-state index in [0.717, 1.165) is 27.7 Å². The van der Waals surface area contributed by atoms with Crippen LogP contribution in [0, 0.1) is 13.8 Å². The number of furan rings is 1. The second kappa shape index (κ2) is 6.48. The minimum Gasteiger partial charge on any atom is -0.466 e. The smallest absolute Gasteiger partial charge is 0.322 e. The maximum atomic E-state index is 12.4. The first-order valence-corrected chi connectivity index (χ1v) is 8.27. The summed E-state index contributed by atoms with van der Waals surface area (Å²) in [7, 11) is 0. The summed E-state index contributed by atoms with van der Waals surface area (Å²) < 4.78 is 11.0. The lowest BCUT2D eigenvalue weighted by atomic mass is 10.0. The number of hydrogen-bond donors (Lipinski definition) is 1. The molecule has 4 aromatic rings. The number of anilines is 1. The van der Waals surface area contributed by atoms with Crippen LogP contribution in [-0.4, -0.2) is 16.1 Å². The van der Waals surface area contributed by atoms with E-state index in [1.807, 2.05) is 62.4 Å². The predicted octanol–water partition coefficient (Wildman–Crippen LogP) is 4.28. The minimum absolute atomic E-state index is 0.0727. The van der Waals surface area contributed by atoms with Crippen LogP contribution in [0.5, 0.6) is 0 Å². The van der Waals surface area contributed by atoms with E-state index >= 15 is 0 Å². The van der Waals surface area contributed by atoms with E-state index in [2.05, 4.69) is 15.5 Å². The van der Waals surface area contributed by atoms with Gasteiger partial charge in [0.25, 0.3) is 5.89 Å². The molecule has 4 rings (SSSR count). The fourth-order valence-electron chi connectivity index (χ4n) is 3.01. The van der Waals surface area contributed by atoms with Crippen molar-refractivity contribution in [2.24, 2.45) is 0 Å². The van der Waals surface area contributed by atoms with Gasteiger partial charge in [-0.15, -0.1) is 5.10 Å². The molecule has 0 bridgehead atoms. The van der Waals surface area contributed by atoms with Gasteiger partial charge in [0.2, 0.25) is 5.91 Å². The number of hydrogen-bond acceptors (Lipinski definition) is 5. The van der Waals surface area contributed by atoms with Gasteiger partial charge in [0.15, 0.2) is 0 Å². The number of aryl methyl sites for hydroxylation is 2. The molecule has 0 aliphatic rings. The fraction of sp³-hybridized carbons (Fsp3) is 0.150. The molecule has 0 saturated carbocycles. The molecule has 2 heterocycles. The first-order valence-electron chi connectivity index (χ1n) is 8.27. The second-order valence-electron chi connectivity index (χ2n) is 6.10. The highest BCUT2D eigenvalue weighted by molar-refractivity contribution is 5.95. The van der Waals surface area contributed by atoms with Crippen LogP contribution < -0.4 is 5.32 Å². The number of aromatic nitrogens is 2. The number of benzene rings is 2. The molecule has 2 aromatic carbocycles. The summed E-state index contributed by atoms with van der Waals surface area (Å²) in [6.07, 6.45) is 0.225. The lowest BCUT2D eigenvalue weighted by molar-refractivity contribution is -0.115. The van der Waals surface area contributed by atoms with Gasteiger partial charge in [-0.05, 0) is 36.2 Å². The summed E-state index contributed by atoms with van der Waals surface area (Å²) in [5.41, 5.74) is 1.67. The zero-order valence-electron chi connectivity index (χ0n) is 14.4. The molecule has 2 aromatic heterocycles. The summed E-state index contributed by atoms with van der Waals surface area (Å²) >= 11 is 0. The monoisotopic (exact) mass is 347 g/mol. The standard InChI is InChI=1S/C20H17N3O3/c1-12-10-17(13(2)25-12)19-22-23-20(26-19)21-18(24)11-15-8-5-7-14-6-3-4-9-16(14)15/h3-10H,11H2,1-2H3,(H,21,23,24). The van der Waals surface area contributed by atoms with Crippen molar-refractivity contribution in [1.29, 1.82) is 0 Å². The van der Waals surface area contributed by atoms with Gasteiger partial charge in [0.05, 0.1) is 12.0 Å². The summed E-state index contributed by atoms with van der Waals surface area (Å²) in [5.74, 6) is 1.56. The molecule has 6 heteroatoms. The van der Waals surface area contributed by atoms with Crippen molar-refractivity contribution in [3.05, 3.63) is 65.6 Å². The molecular weight excluding hydrogens is 330 g/mol. The second-order valence-corrected chi connectivity index (χ2v) is 6.10. The van der Waals surface area contributed by atoms with E-state index in [9.17, 15) is 4.79 Å². The Morgan fingerprint density at radius 3 is 2.65 bits per heavy atom. The van der Waals surface area contributed by atoms with E-state index in [1.54, 1.807) is 0 Å². The Balaban J connectivity index is 1.51. The van der Waals surface area contributed by atoms with Crippen LogP contribution in [0.2, 0.25) is 0 Å². The van der Waals surface area contributed by atoms with Gasteiger partial charge in [-0.25, -0.2) is 0 Å². The topological polar surface area (TPSA) is 81.2 Å². The van der Waals surface area contributed by atoms with Crippen molar-refractivity contribution in [1.82, 2.24) is 10.2 Å². The van der Waals surface area contributed by atoms with Crippen LogP contribution in [0.3, 0.4) is 0 Å². The van der Waals surface area contributed by atoms with Gasteiger partial charge < -0.3 is 8.83 Å². The van der Waals surface area contributed by atoms with Crippen LogP contribution in [0.4, 0.5) is 6.01 Å². The zero-order valence-corrected chi connectivity index (χ0v) is 14.4. The Labute approximate surface area is 149 Å². The van der Waals surface area contributed by atoms with Crippen LogP contribution in [-0.2, 0) is 11.2 Å². The molecule has 26 heavy (non-hydrogen) atoms. The minimum atomic E-state index is -0.211. The third-order valence-corrected chi connectivity index (χ3v) is 4.17. The van der Waals surface area contributed by atoms with Crippen molar-refractivity contribution in [2.45, 2.75) is 20.3 Å². The third kappa shape index (κ3) is 3.09. The Bertz CT molecular complexity index is 1090. The summed E-state index contributed by atoms with van der Waals surface area (Å²) in [6.45, 7) is 3.67. The molecule has 0 radical (unpaired) electrons. The molecule has 1 N–H and O–H groups in total. The molecule has 1 amide bonds. The average molecular weight is 347 g/mol. The molecule has 0 spiro atoms. The van der Waals surface area contributed by atoms with Crippen molar-refractivity contribution >= 4 is 22.7 Å². The number of fused-ring (bicyclic) bond motifs is 1. The summed E-state index contributed by atoms with van der Waals surface area (Å²) in [5, 5.41) is 12.7. The molecule has 0 aliphatic carbocycles. The highest BCUT2D eigenvalue weighted by Crippen LogP contribution is 2.26. The highest BCUT2D eigenvalue weighted by Gasteiger charge is 2.16. The number of amides is 1. The maximum absolute atomic E-state index is 12.4. The van der Waals surface area contributed by atoms with E-state index in [0.29, 0.717) is 11.7 Å². The Morgan fingerprint density at radius 1 is 1.04 bits per heavy atom. The fourth-order valence-corrected chi connectivity index (χ4v) is 3.01. The van der Waals surface area contributed by atoms with Gasteiger partial charge in [-0.3, -0.25) is 10.1 Å². The summed E-state index contributed by atoms with van der Waals surface area (Å²) in [4.78, 5) is 12.4. The predicted molar refractivity (Wildman–Crippen MR) is 97.8 cm³/mol. The van der Waals surface area contributed by atoms with Gasteiger partial charge in [-0.1, -0.05) is 47.6 Å². The Morgan fingerprint density at radius 2 is 1.85 bits per heavy atom. The van der Waals surface area contributed by atoms with Gasteiger partial charge in [0, 0.05) is 0 Å². The quantitative estimate of drug-likeness (QED) is 0.596. The summed E-state index contributed by atoms with van der Waals surface area (Å²) in [6, 6.07) is 15.8. The molecule has 0 unspecified atom stereocenters. The van der Waals surface area contributed by atoms with Crippen molar-refractivity contribution in [3.8, 4) is 11.5 Å². The largest absolute Gasteiger partial charge is 0.466 e. The van der Waals surface area contributed by atoms with Gasteiger partial charge in [-0.2, -0.15) is 0 Å². The number of rotatable bonds is 4. The first kappa shape index (κ1) is 16.1. The molecule has 0 aliphatic heterocycles. The third-order valence-electron chi connectivity index (χ3n) is 4.17. The van der Waals surface area contributed by atoms with Crippen LogP contribution in [0.25, 0.3) is 22.2 Å². The lowest BCUT2D eigenvalue weighted by Crippen LogP contribution is -2.14. The van der Waals surface area contributed by atoms with Crippen molar-refractivity contribution < 1.29 is 13.6 Å². The van der Waals surface area contributed by atoms with Crippen LogP contribution in [0.15, 0.2) is 57.4 Å². The Hall–Kier alpha value is -3.41. The number of carbonyl (C=O) groups excluding carboxylic acids is 1. The molecule has 0 saturated heterocycles. The molecular formula is C20H17N3O3. The van der Waals surface area contributed by atoms with E-state index in [1.165, 1.54) is 0 Å². The SMILES string of the molecule is Cc1cc(-c2nnc(NC(=O)Cc3cccc4ccccc34)o2)c(C)o1. The molecule has 6 nitrogen and oxygen atoms in total. The molecule has 130 valence electrons. The zero-order chi connectivity index (χ0) is 18.1. The Kier molecular flexibility index (Phi) is 4.01. The van der Waals surface area contributed by atoms with Gasteiger partial charge >= 0.3 is 6.01 Å². The highest BCUT2D eigenvalue weighted by atomic mass is 16.4. The van der Waals surface area contributed by atoms with E-state index < -0.39 is 0 Å². The lowest BCUT2D eigenvalue weighted by Gasteiger charge is -2.05. The van der Waals surface area contributed by atoms with E-state index in [4.69, 9.17) is 8.83 Å². The normalized spacial score (nSPS) is 11.0. The maximum Gasteiger partial charge on any atom is 0.322 e. The van der Waals surface area contributed by atoms with Crippen LogP contribution in [0.1, 0.15) is 17.1 Å². The average Bonchev–Trinajstić information content (AvgIpc) is 3.21. The van der Waals surface area contributed by atoms with Gasteiger partial charge in [0.1, 0.15) is 11.5 Å².